The highest BCUT2D eigenvalue weighted by molar-refractivity contribution is 5.68. The standard InChI is InChI=1S/2C5H4N4O3.C5H4N4O2/c2*10-3-1-2(7-4(11)6-1)8-5(12)9-3;10-4-2-3(7-1-6-2)8-5(11)9-4/h2*(H4,6,7,8,9,10,11,12);1H,(H3,6,7,8,9,10,11). The Balaban J connectivity index is 0.000000124. The maximum atomic E-state index is 10.9. The minimum Gasteiger partial charge on any atom is -0.339 e. The first-order chi connectivity index (χ1) is 16.6. The third kappa shape index (κ3) is 4.64. The van der Waals surface area contributed by atoms with Crippen LogP contribution in [-0.4, -0.2) is 59.8 Å². The van der Waals surface area contributed by atoms with Gasteiger partial charge in [-0.2, -0.15) is 0 Å². The summed E-state index contributed by atoms with van der Waals surface area (Å²) in [4.78, 5) is 114. The van der Waals surface area contributed by atoms with Crippen LogP contribution in [-0.2, 0) is 0 Å². The van der Waals surface area contributed by atoms with Gasteiger partial charge in [-0.15, -0.1) is 0 Å². The van der Waals surface area contributed by atoms with E-state index >= 15 is 0 Å². The SMILES string of the molecule is O=c1[nH]c(=O)c2[nH]c(=O)[nH]c2[nH]1.O=c1[nH]c(=O)c2[nH]c(=O)[nH]c2[nH]1.O=c1[nH]c(=O)c2[nH]cnc2[nH]1. The second-order valence-electron chi connectivity index (χ2n) is 6.51. The lowest BCUT2D eigenvalue weighted by Gasteiger charge is -1.83. The number of nitrogens with one attached hydrogen (secondary N) is 11. The average Bonchev–Trinajstić information content (AvgIpc) is 3.46. The Bertz CT molecular complexity index is 2040. The number of H-pyrrole nitrogens is 11. The summed E-state index contributed by atoms with van der Waals surface area (Å²) in [5, 5.41) is 0. The number of aromatic nitrogens is 12. The van der Waals surface area contributed by atoms with Gasteiger partial charge in [0.25, 0.3) is 16.7 Å². The van der Waals surface area contributed by atoms with Crippen molar-refractivity contribution in [1.82, 2.24) is 59.8 Å². The van der Waals surface area contributed by atoms with Crippen LogP contribution in [0.25, 0.3) is 33.5 Å². The van der Waals surface area contributed by atoms with Gasteiger partial charge in [0.1, 0.15) is 27.8 Å². The van der Waals surface area contributed by atoms with Crippen LogP contribution in [0.5, 0.6) is 0 Å². The van der Waals surface area contributed by atoms with Gasteiger partial charge in [0.2, 0.25) is 0 Å². The van der Waals surface area contributed by atoms with E-state index in [1.807, 2.05) is 9.97 Å². The van der Waals surface area contributed by atoms with Crippen molar-refractivity contribution in [2.75, 3.05) is 0 Å². The van der Waals surface area contributed by atoms with E-state index in [4.69, 9.17) is 0 Å². The lowest BCUT2D eigenvalue weighted by Crippen LogP contribution is -2.21. The maximum Gasteiger partial charge on any atom is 0.327 e. The third-order valence-corrected chi connectivity index (χ3v) is 4.16. The number of rotatable bonds is 0. The van der Waals surface area contributed by atoms with Gasteiger partial charge >= 0.3 is 28.4 Å². The van der Waals surface area contributed by atoms with Gasteiger partial charge in [-0.25, -0.2) is 29.0 Å². The Kier molecular flexibility index (Phi) is 5.42. The molecule has 0 amide bonds. The van der Waals surface area contributed by atoms with Crippen molar-refractivity contribution in [1.29, 1.82) is 0 Å². The lowest BCUT2D eigenvalue weighted by atomic mass is 10.5. The summed E-state index contributed by atoms with van der Waals surface area (Å²) >= 11 is 0. The predicted octanol–water partition coefficient (Wildman–Crippen LogP) is -4.59. The highest BCUT2D eigenvalue weighted by Gasteiger charge is 2.03. The third-order valence-electron chi connectivity index (χ3n) is 4.16. The first kappa shape index (κ1) is 22.3. The van der Waals surface area contributed by atoms with Gasteiger partial charge in [-0.3, -0.25) is 64.2 Å². The van der Waals surface area contributed by atoms with Gasteiger partial charge in [0.05, 0.1) is 6.33 Å². The smallest absolute Gasteiger partial charge is 0.327 e. The molecule has 6 heterocycles. The molecule has 0 aromatic carbocycles. The summed E-state index contributed by atoms with van der Waals surface area (Å²) in [5.74, 6) is 0. The number of hydrogen-bond acceptors (Lipinski definition) is 9. The van der Waals surface area contributed by atoms with E-state index < -0.39 is 45.1 Å². The number of nitrogens with zero attached hydrogens (tertiary/aromatic N) is 1. The van der Waals surface area contributed by atoms with Crippen LogP contribution >= 0.6 is 0 Å². The molecule has 0 spiro atoms. The van der Waals surface area contributed by atoms with Crippen LogP contribution < -0.4 is 45.1 Å². The largest absolute Gasteiger partial charge is 0.339 e. The molecule has 20 nitrogen and oxygen atoms in total. The molecule has 6 rings (SSSR count). The average molecular weight is 488 g/mol. The molecule has 0 aliphatic rings. The van der Waals surface area contributed by atoms with Crippen molar-refractivity contribution >= 4 is 33.5 Å². The molecule has 6 aromatic heterocycles. The van der Waals surface area contributed by atoms with Crippen LogP contribution in [0, 0.1) is 0 Å². The fraction of sp³-hybridized carbons (Fsp3) is 0. The fourth-order valence-corrected chi connectivity index (χ4v) is 2.78. The molecule has 35 heavy (non-hydrogen) atoms. The highest BCUT2D eigenvalue weighted by Crippen LogP contribution is 1.92. The number of fused-ring (bicyclic) bond motifs is 3. The molecule has 0 saturated carbocycles. The van der Waals surface area contributed by atoms with Crippen molar-refractivity contribution in [2.45, 2.75) is 0 Å². The Morgan fingerprint density at radius 3 is 1.26 bits per heavy atom. The van der Waals surface area contributed by atoms with E-state index in [0.717, 1.165) is 0 Å². The minimum absolute atomic E-state index is 0.0413. The summed E-state index contributed by atoms with van der Waals surface area (Å²) in [5.41, 5.74) is -3.75. The zero-order chi connectivity index (χ0) is 25.3. The minimum atomic E-state index is -0.650. The molecular weight excluding hydrogens is 476 g/mol. The van der Waals surface area contributed by atoms with Crippen LogP contribution in [0.2, 0.25) is 0 Å². The fourth-order valence-electron chi connectivity index (χ4n) is 2.78. The zero-order valence-electron chi connectivity index (χ0n) is 16.8. The van der Waals surface area contributed by atoms with Crippen LogP contribution in [0.1, 0.15) is 0 Å². The summed E-state index contributed by atoms with van der Waals surface area (Å²) in [7, 11) is 0. The molecule has 180 valence electrons. The molecule has 0 atom stereocenters. The van der Waals surface area contributed by atoms with Crippen molar-refractivity contribution in [3.05, 3.63) is 89.8 Å². The Hall–Kier alpha value is -5.95. The van der Waals surface area contributed by atoms with Crippen LogP contribution in [0.3, 0.4) is 0 Å². The lowest BCUT2D eigenvalue weighted by molar-refractivity contribution is 1.07. The van der Waals surface area contributed by atoms with E-state index in [9.17, 15) is 38.4 Å². The van der Waals surface area contributed by atoms with E-state index in [0.29, 0.717) is 0 Å². The zero-order valence-corrected chi connectivity index (χ0v) is 16.8. The van der Waals surface area contributed by atoms with Crippen molar-refractivity contribution in [3.8, 4) is 0 Å². The molecule has 0 aliphatic carbocycles. The highest BCUT2D eigenvalue weighted by atomic mass is 16.2. The van der Waals surface area contributed by atoms with Gasteiger partial charge < -0.3 is 4.98 Å². The second-order valence-corrected chi connectivity index (χ2v) is 6.51. The topological polar surface area (TPSA) is 323 Å². The first-order valence-corrected chi connectivity index (χ1v) is 9.15. The second kappa shape index (κ2) is 8.53. The van der Waals surface area contributed by atoms with Crippen molar-refractivity contribution in [2.24, 2.45) is 0 Å². The number of imidazole rings is 3. The molecule has 11 N–H and O–H groups in total. The van der Waals surface area contributed by atoms with E-state index in [-0.39, 0.29) is 33.5 Å². The summed E-state index contributed by atoms with van der Waals surface area (Å²) in [6.07, 6.45) is 1.34. The molecule has 0 unspecified atom stereocenters. The Morgan fingerprint density at radius 2 is 0.800 bits per heavy atom. The normalized spacial score (nSPS) is 10.6. The molecular formula is C15H12N12O8. The molecule has 0 aliphatic heterocycles. The molecule has 0 saturated heterocycles. The molecule has 0 radical (unpaired) electrons. The van der Waals surface area contributed by atoms with Crippen molar-refractivity contribution in [3.63, 3.8) is 0 Å². The predicted molar refractivity (Wildman–Crippen MR) is 118 cm³/mol. The first-order valence-electron chi connectivity index (χ1n) is 9.15. The molecule has 0 fully saturated rings. The molecule has 20 heteroatoms. The summed E-state index contributed by atoms with van der Waals surface area (Å²) in [6.45, 7) is 0. The summed E-state index contributed by atoms with van der Waals surface area (Å²) < 4.78 is 0. The van der Waals surface area contributed by atoms with Crippen LogP contribution in [0.15, 0.2) is 44.7 Å². The number of hydrogen-bond donors (Lipinski definition) is 11. The molecule has 6 aromatic rings. The van der Waals surface area contributed by atoms with Gasteiger partial charge in [-0.1, -0.05) is 0 Å². The number of aromatic amines is 11. The van der Waals surface area contributed by atoms with E-state index in [2.05, 4.69) is 49.8 Å². The monoisotopic (exact) mass is 488 g/mol. The maximum absolute atomic E-state index is 10.9. The van der Waals surface area contributed by atoms with Crippen LogP contribution in [0.4, 0.5) is 0 Å². The van der Waals surface area contributed by atoms with Gasteiger partial charge in [0, 0.05) is 0 Å². The van der Waals surface area contributed by atoms with E-state index in [1.165, 1.54) is 6.33 Å². The van der Waals surface area contributed by atoms with Gasteiger partial charge in [0.15, 0.2) is 5.65 Å². The summed E-state index contributed by atoms with van der Waals surface area (Å²) in [6, 6.07) is 0. The quantitative estimate of drug-likeness (QED) is 0.0978. The van der Waals surface area contributed by atoms with E-state index in [1.54, 1.807) is 0 Å². The Labute approximate surface area is 183 Å². The van der Waals surface area contributed by atoms with Crippen molar-refractivity contribution < 1.29 is 0 Å². The molecule has 0 bridgehead atoms. The van der Waals surface area contributed by atoms with Gasteiger partial charge in [-0.05, 0) is 0 Å². The Morgan fingerprint density at radius 1 is 0.429 bits per heavy atom.